The van der Waals surface area contributed by atoms with Crippen molar-refractivity contribution in [1.29, 1.82) is 0 Å². The number of halogens is 1. The molecule has 2 N–H and O–H groups in total. The van der Waals surface area contributed by atoms with Gasteiger partial charge in [-0.15, -0.1) is 5.10 Å². The normalized spacial score (nSPS) is 10.7. The monoisotopic (exact) mass is 312 g/mol. The molecule has 0 saturated heterocycles. The molecule has 0 spiro atoms. The quantitative estimate of drug-likeness (QED) is 0.759. The lowest BCUT2D eigenvalue weighted by Crippen LogP contribution is -2.12. The van der Waals surface area contributed by atoms with Gasteiger partial charge in [0.1, 0.15) is 29.6 Å². The van der Waals surface area contributed by atoms with Crippen LogP contribution in [0.4, 0.5) is 4.39 Å². The Morgan fingerprint density at radius 3 is 2.52 bits per heavy atom. The summed E-state index contributed by atoms with van der Waals surface area (Å²) in [5.74, 6) is 0.473. The van der Waals surface area contributed by atoms with Crippen LogP contribution in [0.1, 0.15) is 17.0 Å². The largest absolute Gasteiger partial charge is 0.487 e. The molecule has 1 aromatic heterocycles. The SMILES string of the molecule is NCc1nnn(Cc2ccccc2F)c1COc1ccccc1. The number of hydrogen-bond acceptors (Lipinski definition) is 4. The number of nitrogens with two attached hydrogens (primary N) is 1. The highest BCUT2D eigenvalue weighted by molar-refractivity contribution is 5.22. The fraction of sp³-hybridized carbons (Fsp3) is 0.176. The van der Waals surface area contributed by atoms with Gasteiger partial charge in [0.25, 0.3) is 0 Å². The van der Waals surface area contributed by atoms with Crippen molar-refractivity contribution in [2.45, 2.75) is 19.7 Å². The fourth-order valence-corrected chi connectivity index (χ4v) is 2.27. The van der Waals surface area contributed by atoms with E-state index in [2.05, 4.69) is 10.3 Å². The first-order chi connectivity index (χ1) is 11.3. The predicted molar refractivity (Wildman–Crippen MR) is 84.2 cm³/mol. The van der Waals surface area contributed by atoms with Gasteiger partial charge < -0.3 is 10.5 Å². The van der Waals surface area contributed by atoms with Crippen LogP contribution in [-0.2, 0) is 19.7 Å². The maximum Gasteiger partial charge on any atom is 0.132 e. The lowest BCUT2D eigenvalue weighted by Gasteiger charge is -2.10. The average molecular weight is 312 g/mol. The topological polar surface area (TPSA) is 66.0 Å². The molecule has 0 atom stereocenters. The third kappa shape index (κ3) is 3.54. The van der Waals surface area contributed by atoms with Crippen LogP contribution in [0, 0.1) is 5.82 Å². The van der Waals surface area contributed by atoms with Gasteiger partial charge in [-0.2, -0.15) is 0 Å². The van der Waals surface area contributed by atoms with E-state index in [4.69, 9.17) is 10.5 Å². The van der Waals surface area contributed by atoms with Crippen LogP contribution in [0.25, 0.3) is 0 Å². The van der Waals surface area contributed by atoms with E-state index >= 15 is 0 Å². The summed E-state index contributed by atoms with van der Waals surface area (Å²) in [4.78, 5) is 0. The van der Waals surface area contributed by atoms with E-state index in [-0.39, 0.29) is 25.5 Å². The molecule has 3 aromatic rings. The number of hydrogen-bond donors (Lipinski definition) is 1. The summed E-state index contributed by atoms with van der Waals surface area (Å²) in [6, 6.07) is 16.0. The molecule has 0 unspecified atom stereocenters. The summed E-state index contributed by atoms with van der Waals surface area (Å²) in [6.07, 6.45) is 0. The van der Waals surface area contributed by atoms with Gasteiger partial charge in [-0.1, -0.05) is 41.6 Å². The molecule has 0 radical (unpaired) electrons. The van der Waals surface area contributed by atoms with Crippen molar-refractivity contribution in [3.63, 3.8) is 0 Å². The highest BCUT2D eigenvalue weighted by Gasteiger charge is 2.14. The summed E-state index contributed by atoms with van der Waals surface area (Å²) in [7, 11) is 0. The highest BCUT2D eigenvalue weighted by Crippen LogP contribution is 2.15. The Kier molecular flexibility index (Phi) is 4.63. The van der Waals surface area contributed by atoms with E-state index in [0.717, 1.165) is 11.4 Å². The first-order valence-corrected chi connectivity index (χ1v) is 7.30. The molecule has 0 aliphatic rings. The summed E-state index contributed by atoms with van der Waals surface area (Å²) in [5.41, 5.74) is 7.65. The van der Waals surface area contributed by atoms with Crippen molar-refractivity contribution in [2.24, 2.45) is 5.73 Å². The maximum atomic E-state index is 13.8. The minimum absolute atomic E-state index is 0.255. The minimum atomic E-state index is -0.271. The van der Waals surface area contributed by atoms with Gasteiger partial charge in [0.2, 0.25) is 0 Å². The summed E-state index contributed by atoms with van der Waals surface area (Å²) in [6.45, 7) is 0.815. The van der Waals surface area contributed by atoms with Crippen LogP contribution in [0.15, 0.2) is 54.6 Å². The zero-order chi connectivity index (χ0) is 16.1. The Balaban J connectivity index is 1.81. The smallest absolute Gasteiger partial charge is 0.132 e. The number of benzene rings is 2. The van der Waals surface area contributed by atoms with Crippen LogP contribution in [-0.4, -0.2) is 15.0 Å². The molecule has 0 aliphatic carbocycles. The average Bonchev–Trinajstić information content (AvgIpc) is 2.98. The summed E-state index contributed by atoms with van der Waals surface area (Å²) in [5, 5.41) is 8.13. The van der Waals surface area contributed by atoms with Gasteiger partial charge >= 0.3 is 0 Å². The van der Waals surface area contributed by atoms with E-state index in [1.165, 1.54) is 6.07 Å². The van der Waals surface area contributed by atoms with Crippen LogP contribution in [0.2, 0.25) is 0 Å². The minimum Gasteiger partial charge on any atom is -0.487 e. The Hall–Kier alpha value is -2.73. The molecule has 3 rings (SSSR count). The van der Waals surface area contributed by atoms with Crippen molar-refractivity contribution in [3.8, 4) is 5.75 Å². The van der Waals surface area contributed by atoms with Crippen molar-refractivity contribution in [1.82, 2.24) is 15.0 Å². The van der Waals surface area contributed by atoms with Gasteiger partial charge in [-0.3, -0.25) is 0 Å². The highest BCUT2D eigenvalue weighted by atomic mass is 19.1. The first-order valence-electron chi connectivity index (χ1n) is 7.30. The second kappa shape index (κ2) is 7.02. The lowest BCUT2D eigenvalue weighted by molar-refractivity contribution is 0.291. The van der Waals surface area contributed by atoms with E-state index < -0.39 is 0 Å². The Morgan fingerprint density at radius 2 is 1.78 bits per heavy atom. The zero-order valence-electron chi connectivity index (χ0n) is 12.5. The van der Waals surface area contributed by atoms with E-state index in [1.54, 1.807) is 22.9 Å². The molecule has 5 nitrogen and oxygen atoms in total. The second-order valence-corrected chi connectivity index (χ2v) is 5.04. The van der Waals surface area contributed by atoms with Gasteiger partial charge in [0.05, 0.1) is 6.54 Å². The van der Waals surface area contributed by atoms with E-state index in [9.17, 15) is 4.39 Å². The third-order valence-electron chi connectivity index (χ3n) is 3.51. The molecule has 0 bridgehead atoms. The maximum absolute atomic E-state index is 13.8. The molecular weight excluding hydrogens is 295 g/mol. The fourth-order valence-electron chi connectivity index (χ4n) is 2.27. The number of rotatable bonds is 6. The Labute approximate surface area is 133 Å². The van der Waals surface area contributed by atoms with Gasteiger partial charge in [0.15, 0.2) is 0 Å². The third-order valence-corrected chi connectivity index (χ3v) is 3.51. The van der Waals surface area contributed by atoms with Crippen LogP contribution < -0.4 is 10.5 Å². The lowest BCUT2D eigenvalue weighted by atomic mass is 10.2. The molecular formula is C17H17FN4O. The molecule has 0 saturated carbocycles. The standard InChI is InChI=1S/C17H17FN4O/c18-15-9-5-4-6-13(15)11-22-17(16(10-19)20-21-22)12-23-14-7-2-1-3-8-14/h1-9H,10-12,19H2. The Bertz CT molecular complexity index is 773. The second-order valence-electron chi connectivity index (χ2n) is 5.04. The first kappa shape index (κ1) is 15.2. The number of ether oxygens (including phenoxy) is 1. The Morgan fingerprint density at radius 1 is 1.04 bits per heavy atom. The zero-order valence-corrected chi connectivity index (χ0v) is 12.5. The van der Waals surface area contributed by atoms with E-state index in [0.29, 0.717) is 11.3 Å². The van der Waals surface area contributed by atoms with Crippen LogP contribution in [0.3, 0.4) is 0 Å². The molecule has 1 heterocycles. The van der Waals surface area contributed by atoms with Gasteiger partial charge in [0, 0.05) is 12.1 Å². The van der Waals surface area contributed by atoms with Crippen molar-refractivity contribution >= 4 is 0 Å². The van der Waals surface area contributed by atoms with Crippen molar-refractivity contribution in [3.05, 3.63) is 77.4 Å². The van der Waals surface area contributed by atoms with Gasteiger partial charge in [-0.25, -0.2) is 9.07 Å². The molecule has 118 valence electrons. The van der Waals surface area contributed by atoms with E-state index in [1.807, 2.05) is 30.3 Å². The molecule has 0 aliphatic heterocycles. The number of para-hydroxylation sites is 1. The van der Waals surface area contributed by atoms with Crippen LogP contribution >= 0.6 is 0 Å². The van der Waals surface area contributed by atoms with Gasteiger partial charge in [-0.05, 0) is 18.2 Å². The van der Waals surface area contributed by atoms with Crippen molar-refractivity contribution in [2.75, 3.05) is 0 Å². The molecule has 6 heteroatoms. The number of nitrogens with zero attached hydrogens (tertiary/aromatic N) is 3. The molecule has 23 heavy (non-hydrogen) atoms. The predicted octanol–water partition coefficient (Wildman–Crippen LogP) is 2.50. The van der Waals surface area contributed by atoms with Crippen LogP contribution in [0.5, 0.6) is 5.75 Å². The molecule has 0 amide bonds. The summed E-state index contributed by atoms with van der Waals surface area (Å²) >= 11 is 0. The molecule has 0 fully saturated rings. The number of aromatic nitrogens is 3. The van der Waals surface area contributed by atoms with Crippen molar-refractivity contribution < 1.29 is 9.13 Å². The summed E-state index contributed by atoms with van der Waals surface area (Å²) < 4.78 is 21.2. The molecule has 2 aromatic carbocycles.